The quantitative estimate of drug-likeness (QED) is 0.720. The van der Waals surface area contributed by atoms with Crippen LogP contribution in [0.5, 0.6) is 0 Å². The second-order valence-corrected chi connectivity index (χ2v) is 6.00. The highest BCUT2D eigenvalue weighted by molar-refractivity contribution is 6.19. The maximum absolute atomic E-state index is 6.18. The van der Waals surface area contributed by atoms with Gasteiger partial charge < -0.3 is 0 Å². The van der Waals surface area contributed by atoms with Crippen LogP contribution >= 0.6 is 11.6 Å². The Hall–Kier alpha value is -1.54. The van der Waals surface area contributed by atoms with Gasteiger partial charge in [0.2, 0.25) is 0 Å². The molecule has 2 nitrogen and oxygen atoms in total. The lowest BCUT2D eigenvalue weighted by atomic mass is 9.83. The smallest absolute Gasteiger partial charge is 0.0645 e. The van der Waals surface area contributed by atoms with E-state index in [1.54, 1.807) is 6.20 Å². The maximum Gasteiger partial charge on any atom is 0.0645 e. The summed E-state index contributed by atoms with van der Waals surface area (Å²) in [7, 11) is 0. The molecule has 0 bridgehead atoms. The van der Waals surface area contributed by atoms with Crippen LogP contribution in [0.3, 0.4) is 0 Å². The zero-order valence-electron chi connectivity index (χ0n) is 12.2. The third-order valence-electron chi connectivity index (χ3n) is 4.30. The van der Waals surface area contributed by atoms with Gasteiger partial charge in [0.15, 0.2) is 0 Å². The number of rotatable bonds is 4. The Morgan fingerprint density at radius 2 is 1.95 bits per heavy atom. The van der Waals surface area contributed by atoms with Crippen LogP contribution in [0.4, 0.5) is 0 Å². The molecular weight excluding hydrogens is 280 g/mol. The van der Waals surface area contributed by atoms with E-state index in [1.807, 2.05) is 16.9 Å². The molecule has 0 N–H and O–H groups in total. The summed E-state index contributed by atoms with van der Waals surface area (Å²) in [5.74, 6) is 1.33. The summed E-state index contributed by atoms with van der Waals surface area (Å²) in [6.07, 6.45) is 12.7. The van der Waals surface area contributed by atoms with Gasteiger partial charge in [0.05, 0.1) is 5.69 Å². The Balaban J connectivity index is 1.77. The molecule has 0 amide bonds. The standard InChI is InChI=1S/C18H21ClN2/c19-14-17(16-5-2-1-3-6-16)13-15-7-9-18(10-8-15)21-12-4-11-20-21/h4,7-13,16H,1-3,5-6,14H2/b17-13-. The second-order valence-electron chi connectivity index (χ2n) is 5.73. The number of benzene rings is 1. The average Bonchev–Trinajstić information content (AvgIpc) is 3.08. The van der Waals surface area contributed by atoms with E-state index in [9.17, 15) is 0 Å². The number of halogens is 1. The molecule has 0 aliphatic heterocycles. The number of aromatic nitrogens is 2. The fourth-order valence-electron chi connectivity index (χ4n) is 3.10. The fraction of sp³-hybridized carbons (Fsp3) is 0.389. The first-order valence-electron chi connectivity index (χ1n) is 7.73. The van der Waals surface area contributed by atoms with E-state index in [2.05, 4.69) is 35.4 Å². The first kappa shape index (κ1) is 14.4. The van der Waals surface area contributed by atoms with Gasteiger partial charge in [-0.3, -0.25) is 0 Å². The SMILES string of the molecule is ClC/C(=C/c1ccc(-n2cccn2)cc1)C1CCCCC1. The molecule has 3 heteroatoms. The van der Waals surface area contributed by atoms with Crippen molar-refractivity contribution in [3.63, 3.8) is 0 Å². The highest BCUT2D eigenvalue weighted by Gasteiger charge is 2.17. The van der Waals surface area contributed by atoms with Crippen LogP contribution in [0.25, 0.3) is 11.8 Å². The van der Waals surface area contributed by atoms with Gasteiger partial charge in [-0.2, -0.15) is 5.10 Å². The second kappa shape index (κ2) is 6.95. The first-order chi connectivity index (χ1) is 10.4. The third kappa shape index (κ3) is 3.56. The zero-order chi connectivity index (χ0) is 14.5. The zero-order valence-corrected chi connectivity index (χ0v) is 13.0. The van der Waals surface area contributed by atoms with Crippen LogP contribution in [0.15, 0.2) is 48.3 Å². The van der Waals surface area contributed by atoms with Crippen molar-refractivity contribution in [3.05, 3.63) is 53.9 Å². The van der Waals surface area contributed by atoms with E-state index < -0.39 is 0 Å². The highest BCUT2D eigenvalue weighted by Crippen LogP contribution is 2.31. The van der Waals surface area contributed by atoms with E-state index in [1.165, 1.54) is 43.2 Å². The summed E-state index contributed by atoms with van der Waals surface area (Å²) in [6, 6.07) is 10.4. The van der Waals surface area contributed by atoms with Gasteiger partial charge in [-0.15, -0.1) is 11.6 Å². The van der Waals surface area contributed by atoms with Crippen molar-refractivity contribution in [2.75, 3.05) is 5.88 Å². The predicted molar refractivity (Wildman–Crippen MR) is 88.8 cm³/mol. The molecule has 0 unspecified atom stereocenters. The van der Waals surface area contributed by atoms with Gasteiger partial charge >= 0.3 is 0 Å². The number of nitrogens with zero attached hydrogens (tertiary/aromatic N) is 2. The van der Waals surface area contributed by atoms with Crippen molar-refractivity contribution in [2.24, 2.45) is 5.92 Å². The van der Waals surface area contributed by atoms with Crippen molar-refractivity contribution < 1.29 is 0 Å². The molecule has 1 fully saturated rings. The van der Waals surface area contributed by atoms with Gasteiger partial charge in [0.25, 0.3) is 0 Å². The minimum absolute atomic E-state index is 0.644. The molecule has 0 atom stereocenters. The van der Waals surface area contributed by atoms with Gasteiger partial charge in [-0.05, 0) is 42.5 Å². The van der Waals surface area contributed by atoms with Gasteiger partial charge in [-0.25, -0.2) is 4.68 Å². The number of alkyl halides is 1. The molecule has 1 aromatic heterocycles. The molecule has 1 heterocycles. The van der Waals surface area contributed by atoms with Crippen LogP contribution < -0.4 is 0 Å². The summed E-state index contributed by atoms with van der Waals surface area (Å²) in [5, 5.41) is 4.25. The summed E-state index contributed by atoms with van der Waals surface area (Å²) < 4.78 is 1.87. The average molecular weight is 301 g/mol. The Morgan fingerprint density at radius 1 is 1.19 bits per heavy atom. The Labute approximate surface area is 131 Å². The van der Waals surface area contributed by atoms with Crippen LogP contribution in [0.2, 0.25) is 0 Å². The molecule has 110 valence electrons. The number of hydrogen-bond acceptors (Lipinski definition) is 1. The summed E-state index contributed by atoms with van der Waals surface area (Å²) in [4.78, 5) is 0. The van der Waals surface area contributed by atoms with Crippen molar-refractivity contribution in [2.45, 2.75) is 32.1 Å². The lowest BCUT2D eigenvalue weighted by molar-refractivity contribution is 0.405. The molecule has 1 saturated carbocycles. The van der Waals surface area contributed by atoms with Crippen molar-refractivity contribution >= 4 is 17.7 Å². The van der Waals surface area contributed by atoms with Crippen LogP contribution in [0, 0.1) is 5.92 Å². The lowest BCUT2D eigenvalue weighted by Gasteiger charge is -2.23. The minimum Gasteiger partial charge on any atom is -0.241 e. The van der Waals surface area contributed by atoms with Crippen molar-refractivity contribution in [1.82, 2.24) is 9.78 Å². The van der Waals surface area contributed by atoms with E-state index in [4.69, 9.17) is 11.6 Å². The van der Waals surface area contributed by atoms with Gasteiger partial charge in [-0.1, -0.05) is 43.0 Å². The molecule has 1 aromatic carbocycles. The molecule has 3 rings (SSSR count). The van der Waals surface area contributed by atoms with Crippen LogP contribution in [-0.4, -0.2) is 15.7 Å². The molecule has 1 aliphatic carbocycles. The fourth-order valence-corrected chi connectivity index (χ4v) is 3.39. The molecule has 0 spiro atoms. The largest absolute Gasteiger partial charge is 0.241 e. The monoisotopic (exact) mass is 300 g/mol. The van der Waals surface area contributed by atoms with E-state index in [0.29, 0.717) is 11.8 Å². The third-order valence-corrected chi connectivity index (χ3v) is 4.61. The molecule has 21 heavy (non-hydrogen) atoms. The summed E-state index contributed by atoms with van der Waals surface area (Å²) in [5.41, 5.74) is 3.71. The van der Waals surface area contributed by atoms with Gasteiger partial charge in [0, 0.05) is 18.3 Å². The Kier molecular flexibility index (Phi) is 4.76. The molecule has 1 aliphatic rings. The Bertz CT molecular complexity index is 578. The lowest BCUT2D eigenvalue weighted by Crippen LogP contribution is -2.10. The van der Waals surface area contributed by atoms with Crippen LogP contribution in [0.1, 0.15) is 37.7 Å². The molecular formula is C18H21ClN2. The van der Waals surface area contributed by atoms with Crippen LogP contribution in [-0.2, 0) is 0 Å². The van der Waals surface area contributed by atoms with E-state index >= 15 is 0 Å². The summed E-state index contributed by atoms with van der Waals surface area (Å²) in [6.45, 7) is 0. The highest BCUT2D eigenvalue weighted by atomic mass is 35.5. The topological polar surface area (TPSA) is 17.8 Å². The minimum atomic E-state index is 0.644. The maximum atomic E-state index is 6.18. The van der Waals surface area contributed by atoms with E-state index in [-0.39, 0.29) is 0 Å². The summed E-state index contributed by atoms with van der Waals surface area (Å²) >= 11 is 6.18. The number of allylic oxidation sites excluding steroid dienone is 1. The molecule has 2 aromatic rings. The van der Waals surface area contributed by atoms with Crippen molar-refractivity contribution in [3.8, 4) is 5.69 Å². The van der Waals surface area contributed by atoms with Gasteiger partial charge in [0.1, 0.15) is 0 Å². The predicted octanol–water partition coefficient (Wildman–Crippen LogP) is 5.07. The number of hydrogen-bond donors (Lipinski definition) is 0. The molecule has 0 saturated heterocycles. The molecule has 0 radical (unpaired) electrons. The first-order valence-corrected chi connectivity index (χ1v) is 8.27. The van der Waals surface area contributed by atoms with E-state index in [0.717, 1.165) is 5.69 Å². The normalized spacial score (nSPS) is 17.1. The Morgan fingerprint density at radius 3 is 2.57 bits per heavy atom. The van der Waals surface area contributed by atoms with Crippen molar-refractivity contribution in [1.29, 1.82) is 0 Å².